The number of hydrogen-bond acceptors (Lipinski definition) is 9. The molecule has 11 nitrogen and oxygen atoms in total. The van der Waals surface area contributed by atoms with Gasteiger partial charge in [-0.3, -0.25) is 9.59 Å². The Bertz CT molecular complexity index is 1500. The van der Waals surface area contributed by atoms with Crippen molar-refractivity contribution in [2.24, 2.45) is 5.73 Å². The monoisotopic (exact) mass is 562 g/mol. The summed E-state index contributed by atoms with van der Waals surface area (Å²) in [5.74, 6) is -2.41. The Morgan fingerprint density at radius 2 is 1.84 bits per heavy atom. The second-order valence-electron chi connectivity index (χ2n) is 9.12. The molecule has 0 bridgehead atoms. The third kappa shape index (κ3) is 4.96. The summed E-state index contributed by atoms with van der Waals surface area (Å²) in [5, 5.41) is 8.48. The molecule has 0 spiro atoms. The van der Waals surface area contributed by atoms with Crippen LogP contribution < -0.4 is 15.5 Å². The Balaban J connectivity index is 1.53. The van der Waals surface area contributed by atoms with Crippen molar-refractivity contribution in [3.05, 3.63) is 52.8 Å². The van der Waals surface area contributed by atoms with Gasteiger partial charge in [-0.2, -0.15) is 0 Å². The van der Waals surface area contributed by atoms with Crippen molar-refractivity contribution in [2.75, 3.05) is 41.7 Å². The van der Waals surface area contributed by atoms with Crippen molar-refractivity contribution in [3.63, 3.8) is 0 Å². The zero-order chi connectivity index (χ0) is 27.2. The summed E-state index contributed by atoms with van der Waals surface area (Å²) in [6, 6.07) is 7.55. The second-order valence-corrected chi connectivity index (χ2v) is 11.6. The summed E-state index contributed by atoms with van der Waals surface area (Å²) >= 11 is 5.97. The van der Waals surface area contributed by atoms with Gasteiger partial charge in [0.25, 0.3) is 5.89 Å². The number of sulfone groups is 1. The molecule has 2 amide bonds. The van der Waals surface area contributed by atoms with E-state index in [1.807, 2.05) is 0 Å². The Labute approximate surface area is 222 Å². The summed E-state index contributed by atoms with van der Waals surface area (Å²) in [5.41, 5.74) is 6.41. The molecule has 0 saturated carbocycles. The van der Waals surface area contributed by atoms with Crippen LogP contribution in [0.15, 0.2) is 45.7 Å². The summed E-state index contributed by atoms with van der Waals surface area (Å²) in [4.78, 5) is 29.1. The number of amides is 2. The van der Waals surface area contributed by atoms with Gasteiger partial charge in [-0.05, 0) is 29.8 Å². The molecule has 0 aliphatic carbocycles. The number of anilines is 2. The predicted molar refractivity (Wildman–Crippen MR) is 137 cm³/mol. The zero-order valence-corrected chi connectivity index (χ0v) is 21.9. The number of nitrogens with zero attached hydrogens (tertiary/aromatic N) is 5. The van der Waals surface area contributed by atoms with E-state index in [1.165, 1.54) is 17.9 Å². The molecule has 14 heteroatoms. The molecule has 0 unspecified atom stereocenters. The third-order valence-electron chi connectivity index (χ3n) is 6.55. The minimum atomic E-state index is -4.09. The number of aromatic nitrogens is 2. The molecule has 5 rings (SSSR count). The fourth-order valence-corrected chi connectivity index (χ4v) is 6.18. The van der Waals surface area contributed by atoms with Crippen LogP contribution in [0, 0.1) is 5.82 Å². The molecule has 200 valence electrons. The number of carbonyl (C=O) groups excluding carboxylic acids is 2. The topological polar surface area (TPSA) is 143 Å². The summed E-state index contributed by atoms with van der Waals surface area (Å²) in [6.07, 6.45) is 0. The van der Waals surface area contributed by atoms with Crippen LogP contribution in [0.5, 0.6) is 0 Å². The highest BCUT2D eigenvalue weighted by molar-refractivity contribution is 7.91. The number of halogens is 2. The molecular weight excluding hydrogens is 539 g/mol. The van der Waals surface area contributed by atoms with Gasteiger partial charge in [0.15, 0.2) is 9.84 Å². The first-order valence-corrected chi connectivity index (χ1v) is 13.8. The van der Waals surface area contributed by atoms with E-state index >= 15 is 4.39 Å². The molecule has 3 heterocycles. The van der Waals surface area contributed by atoms with Crippen LogP contribution in [-0.2, 0) is 26.0 Å². The Kier molecular flexibility index (Phi) is 6.84. The van der Waals surface area contributed by atoms with Gasteiger partial charge in [0.05, 0.1) is 34.5 Å². The maximum Gasteiger partial charge on any atom is 0.318 e. The van der Waals surface area contributed by atoms with Crippen molar-refractivity contribution < 1.29 is 26.8 Å². The van der Waals surface area contributed by atoms with Crippen LogP contribution in [0.1, 0.15) is 12.5 Å². The molecule has 38 heavy (non-hydrogen) atoms. The molecule has 1 aromatic heterocycles. The van der Waals surface area contributed by atoms with Gasteiger partial charge in [-0.1, -0.05) is 28.8 Å². The first-order chi connectivity index (χ1) is 18.0. The fourth-order valence-electron chi connectivity index (χ4n) is 4.48. The summed E-state index contributed by atoms with van der Waals surface area (Å²) < 4.78 is 47.2. The van der Waals surface area contributed by atoms with E-state index < -0.39 is 33.4 Å². The zero-order valence-electron chi connectivity index (χ0n) is 20.3. The Morgan fingerprint density at radius 3 is 2.50 bits per heavy atom. The van der Waals surface area contributed by atoms with Gasteiger partial charge in [0.1, 0.15) is 5.82 Å². The number of fused-ring (bicyclic) bond motifs is 1. The van der Waals surface area contributed by atoms with Crippen LogP contribution in [0.25, 0.3) is 11.5 Å². The van der Waals surface area contributed by atoms with Gasteiger partial charge in [0, 0.05) is 38.1 Å². The number of piperazine rings is 1. The van der Waals surface area contributed by atoms with Crippen molar-refractivity contribution in [1.29, 1.82) is 0 Å². The van der Waals surface area contributed by atoms with Crippen molar-refractivity contribution in [1.82, 2.24) is 15.1 Å². The lowest BCUT2D eigenvalue weighted by Crippen LogP contribution is -2.48. The summed E-state index contributed by atoms with van der Waals surface area (Å²) in [6.45, 7) is 3.32. The lowest BCUT2D eigenvalue weighted by molar-refractivity contribution is -0.129. The molecule has 0 radical (unpaired) electrons. The van der Waals surface area contributed by atoms with Crippen LogP contribution in [-0.4, -0.2) is 73.3 Å². The maximum atomic E-state index is 15.3. The molecule has 3 aromatic rings. The van der Waals surface area contributed by atoms with Gasteiger partial charge in [-0.25, -0.2) is 12.8 Å². The standard InChI is InChI=1S/C24H24ClFN6O5S/c1-14(33)30-6-8-31(9-7-30)24-29-28-22(37-24)17-10-20-21(11-18(17)26)38(35,36)13-19(27)23(34)32(20)12-15-2-4-16(25)5-3-15/h2-5,10-11,19H,6-9,12-13,27H2,1H3/t19-/m0/s1. The highest BCUT2D eigenvalue weighted by Crippen LogP contribution is 2.37. The molecule has 2 aromatic carbocycles. The first kappa shape index (κ1) is 26.1. The van der Waals surface area contributed by atoms with E-state index in [4.69, 9.17) is 21.8 Å². The maximum absolute atomic E-state index is 15.3. The van der Waals surface area contributed by atoms with E-state index in [1.54, 1.807) is 34.1 Å². The average molecular weight is 563 g/mol. The molecule has 1 atom stereocenters. The molecule has 1 fully saturated rings. The summed E-state index contributed by atoms with van der Waals surface area (Å²) in [7, 11) is -4.09. The van der Waals surface area contributed by atoms with Gasteiger partial charge >= 0.3 is 6.01 Å². The molecular formula is C24H24ClFN6O5S. The van der Waals surface area contributed by atoms with Crippen molar-refractivity contribution >= 4 is 45.0 Å². The van der Waals surface area contributed by atoms with Crippen LogP contribution in [0.2, 0.25) is 5.02 Å². The smallest absolute Gasteiger partial charge is 0.318 e. The van der Waals surface area contributed by atoms with Crippen LogP contribution in [0.3, 0.4) is 0 Å². The van der Waals surface area contributed by atoms with Gasteiger partial charge in [-0.15, -0.1) is 5.10 Å². The van der Waals surface area contributed by atoms with E-state index in [0.717, 1.165) is 6.07 Å². The molecule has 2 aliphatic rings. The molecule has 2 aliphatic heterocycles. The minimum Gasteiger partial charge on any atom is -0.403 e. The number of carbonyl (C=O) groups is 2. The van der Waals surface area contributed by atoms with E-state index in [0.29, 0.717) is 36.8 Å². The number of rotatable bonds is 4. The van der Waals surface area contributed by atoms with E-state index in [-0.39, 0.29) is 40.5 Å². The normalized spacial score (nSPS) is 19.3. The highest BCUT2D eigenvalue weighted by atomic mass is 35.5. The molecule has 1 saturated heterocycles. The third-order valence-corrected chi connectivity index (χ3v) is 8.60. The van der Waals surface area contributed by atoms with Gasteiger partial charge < -0.3 is 24.9 Å². The van der Waals surface area contributed by atoms with E-state index in [9.17, 15) is 18.0 Å². The SMILES string of the molecule is CC(=O)N1CCN(c2nnc(-c3cc4c(cc3F)S(=O)(=O)C[C@H](N)C(=O)N4Cc3ccc(Cl)cc3)o2)CC1. The Hall–Kier alpha value is -3.55. The first-order valence-electron chi connectivity index (χ1n) is 11.8. The predicted octanol–water partition coefficient (Wildman–Crippen LogP) is 1.85. The lowest BCUT2D eigenvalue weighted by Gasteiger charge is -2.32. The fraction of sp³-hybridized carbons (Fsp3) is 0.333. The number of benzene rings is 2. The number of nitrogens with two attached hydrogens (primary N) is 1. The Morgan fingerprint density at radius 1 is 1.16 bits per heavy atom. The van der Waals surface area contributed by atoms with Crippen LogP contribution in [0.4, 0.5) is 16.1 Å². The van der Waals surface area contributed by atoms with Crippen LogP contribution >= 0.6 is 11.6 Å². The van der Waals surface area contributed by atoms with Crippen molar-refractivity contribution in [2.45, 2.75) is 24.4 Å². The van der Waals surface area contributed by atoms with Crippen molar-refractivity contribution in [3.8, 4) is 11.5 Å². The second kappa shape index (κ2) is 9.97. The quantitative estimate of drug-likeness (QED) is 0.504. The minimum absolute atomic E-state index is 0.0210. The largest absolute Gasteiger partial charge is 0.403 e. The highest BCUT2D eigenvalue weighted by Gasteiger charge is 2.37. The number of hydrogen-bond donors (Lipinski definition) is 1. The lowest BCUT2D eigenvalue weighted by atomic mass is 10.1. The molecule has 2 N–H and O–H groups in total. The van der Waals surface area contributed by atoms with Gasteiger partial charge in [0.2, 0.25) is 11.8 Å². The van der Waals surface area contributed by atoms with E-state index in [2.05, 4.69) is 10.2 Å². The average Bonchev–Trinajstić information content (AvgIpc) is 3.35.